The molecule has 0 amide bonds. The normalized spacial score (nSPS) is 20.6. The van der Waals surface area contributed by atoms with E-state index in [1.54, 1.807) is 0 Å². The van der Waals surface area contributed by atoms with Gasteiger partial charge < -0.3 is 9.47 Å². The van der Waals surface area contributed by atoms with Crippen LogP contribution in [-0.4, -0.2) is 29.6 Å². The maximum atomic E-state index is 5.71. The highest BCUT2D eigenvalue weighted by Gasteiger charge is 2.16. The van der Waals surface area contributed by atoms with Crippen molar-refractivity contribution in [2.24, 2.45) is 13.0 Å². The van der Waals surface area contributed by atoms with Crippen molar-refractivity contribution >= 4 is 15.9 Å². The summed E-state index contributed by atoms with van der Waals surface area (Å²) >= 11 is 3.53. The lowest BCUT2D eigenvalue weighted by atomic mass is 10.1. The smallest absolute Gasteiger partial charge is 0.0896 e. The van der Waals surface area contributed by atoms with Gasteiger partial charge in [0.1, 0.15) is 0 Å². The van der Waals surface area contributed by atoms with Gasteiger partial charge in [-0.1, -0.05) is 0 Å². The molecule has 1 fully saturated rings. The highest BCUT2D eigenvalue weighted by molar-refractivity contribution is 9.10. The lowest BCUT2D eigenvalue weighted by molar-refractivity contribution is 0.0753. The molecule has 1 aromatic rings. The summed E-state index contributed by atoms with van der Waals surface area (Å²) in [7, 11) is 1.94. The molecule has 0 bridgehead atoms. The van der Waals surface area contributed by atoms with E-state index in [4.69, 9.17) is 9.47 Å². The zero-order valence-corrected chi connectivity index (χ0v) is 11.3. The Morgan fingerprint density at radius 2 is 2.44 bits per heavy atom. The van der Waals surface area contributed by atoms with Crippen molar-refractivity contribution in [3.63, 3.8) is 0 Å². The fourth-order valence-corrected chi connectivity index (χ4v) is 2.32. The molecule has 1 aliphatic rings. The van der Waals surface area contributed by atoms with E-state index < -0.39 is 0 Å². The molecule has 4 nitrogen and oxygen atoms in total. The van der Waals surface area contributed by atoms with Crippen molar-refractivity contribution in [3.8, 4) is 0 Å². The van der Waals surface area contributed by atoms with Crippen LogP contribution in [0.15, 0.2) is 4.47 Å². The summed E-state index contributed by atoms with van der Waals surface area (Å²) in [5.74, 6) is 0.563. The van der Waals surface area contributed by atoms with E-state index in [0.29, 0.717) is 12.5 Å². The lowest BCUT2D eigenvalue weighted by Gasteiger charge is -2.09. The Morgan fingerprint density at radius 1 is 1.62 bits per heavy atom. The first-order valence-corrected chi connectivity index (χ1v) is 6.31. The quantitative estimate of drug-likeness (QED) is 0.851. The first-order valence-electron chi connectivity index (χ1n) is 5.52. The molecule has 0 saturated carbocycles. The third kappa shape index (κ3) is 2.64. The summed E-state index contributed by atoms with van der Waals surface area (Å²) in [6, 6.07) is 0. The fourth-order valence-electron chi connectivity index (χ4n) is 1.87. The number of nitrogens with zero attached hydrogens (tertiary/aromatic N) is 2. The Balaban J connectivity index is 1.84. The van der Waals surface area contributed by atoms with E-state index in [0.717, 1.165) is 42.1 Å². The van der Waals surface area contributed by atoms with Gasteiger partial charge in [-0.05, 0) is 29.3 Å². The van der Waals surface area contributed by atoms with Crippen LogP contribution in [0.3, 0.4) is 0 Å². The van der Waals surface area contributed by atoms with Crippen molar-refractivity contribution < 1.29 is 9.47 Å². The predicted octanol–water partition coefficient (Wildman–Crippen LogP) is 2.04. The molecule has 1 unspecified atom stereocenters. The Hall–Kier alpha value is -0.390. The minimum atomic E-state index is 0.563. The van der Waals surface area contributed by atoms with E-state index >= 15 is 0 Å². The molecule has 2 heterocycles. The Kier molecular flexibility index (Phi) is 4.00. The van der Waals surface area contributed by atoms with Crippen LogP contribution in [-0.2, 0) is 23.1 Å². The van der Waals surface area contributed by atoms with Crippen LogP contribution in [0.4, 0.5) is 0 Å². The number of aromatic nitrogens is 2. The van der Waals surface area contributed by atoms with Gasteiger partial charge in [0.2, 0.25) is 0 Å². The molecule has 5 heteroatoms. The minimum Gasteiger partial charge on any atom is -0.381 e. The number of aryl methyl sites for hydroxylation is 2. The van der Waals surface area contributed by atoms with E-state index in [-0.39, 0.29) is 0 Å². The maximum absolute atomic E-state index is 5.71. The first kappa shape index (κ1) is 12.1. The molecule has 0 N–H and O–H groups in total. The average molecular weight is 289 g/mol. The third-order valence-electron chi connectivity index (χ3n) is 2.88. The zero-order valence-electron chi connectivity index (χ0n) is 9.70. The monoisotopic (exact) mass is 288 g/mol. The summed E-state index contributed by atoms with van der Waals surface area (Å²) in [6.45, 7) is 5.08. The van der Waals surface area contributed by atoms with Crippen LogP contribution in [0.25, 0.3) is 0 Å². The first-order chi connectivity index (χ1) is 7.68. The number of hydrogen-bond acceptors (Lipinski definition) is 3. The van der Waals surface area contributed by atoms with E-state index in [9.17, 15) is 0 Å². The van der Waals surface area contributed by atoms with Crippen LogP contribution in [0.2, 0.25) is 0 Å². The minimum absolute atomic E-state index is 0.563. The second kappa shape index (κ2) is 5.29. The van der Waals surface area contributed by atoms with E-state index in [1.807, 2.05) is 18.7 Å². The molecule has 0 aromatic carbocycles. The molecule has 16 heavy (non-hydrogen) atoms. The molecule has 0 radical (unpaired) electrons. The van der Waals surface area contributed by atoms with Crippen LogP contribution in [0, 0.1) is 12.8 Å². The van der Waals surface area contributed by atoms with Crippen LogP contribution >= 0.6 is 15.9 Å². The molecule has 90 valence electrons. The zero-order chi connectivity index (χ0) is 11.5. The number of halogens is 1. The second-order valence-electron chi connectivity index (χ2n) is 4.21. The van der Waals surface area contributed by atoms with Gasteiger partial charge in [-0.3, -0.25) is 4.68 Å². The van der Waals surface area contributed by atoms with Crippen LogP contribution in [0.5, 0.6) is 0 Å². The predicted molar refractivity (Wildman–Crippen MR) is 64.2 cm³/mol. The molecule has 2 rings (SSSR count). The van der Waals surface area contributed by atoms with Gasteiger partial charge in [0.15, 0.2) is 0 Å². The molecule has 1 aliphatic heterocycles. The van der Waals surface area contributed by atoms with E-state index in [1.165, 1.54) is 0 Å². The summed E-state index contributed by atoms with van der Waals surface area (Å²) in [5.41, 5.74) is 2.10. The Bertz CT molecular complexity index is 359. The Morgan fingerprint density at radius 3 is 3.00 bits per heavy atom. The summed E-state index contributed by atoms with van der Waals surface area (Å²) < 4.78 is 13.9. The van der Waals surface area contributed by atoms with Crippen molar-refractivity contribution in [2.45, 2.75) is 20.0 Å². The van der Waals surface area contributed by atoms with Crippen molar-refractivity contribution in [2.75, 3.05) is 19.8 Å². The highest BCUT2D eigenvalue weighted by atomic mass is 79.9. The molecular weight excluding hydrogens is 272 g/mol. The summed E-state index contributed by atoms with van der Waals surface area (Å²) in [5, 5.41) is 4.33. The molecule has 0 spiro atoms. The average Bonchev–Trinajstić information content (AvgIpc) is 2.82. The molecular formula is C11H17BrN2O2. The lowest BCUT2D eigenvalue weighted by Crippen LogP contribution is -2.10. The molecule has 1 atom stereocenters. The van der Waals surface area contributed by atoms with Gasteiger partial charge in [0, 0.05) is 19.6 Å². The number of ether oxygens (including phenoxy) is 2. The van der Waals surface area contributed by atoms with Gasteiger partial charge >= 0.3 is 0 Å². The van der Waals surface area contributed by atoms with Crippen molar-refractivity contribution in [1.29, 1.82) is 0 Å². The highest BCUT2D eigenvalue weighted by Crippen LogP contribution is 2.21. The van der Waals surface area contributed by atoms with Crippen molar-refractivity contribution in [3.05, 3.63) is 15.9 Å². The van der Waals surface area contributed by atoms with E-state index in [2.05, 4.69) is 21.0 Å². The SMILES string of the molecule is Cc1nn(C)c(COCC2CCOC2)c1Br. The third-order valence-corrected chi connectivity index (χ3v) is 3.91. The van der Waals surface area contributed by atoms with Gasteiger partial charge in [-0.2, -0.15) is 5.10 Å². The topological polar surface area (TPSA) is 36.3 Å². The molecule has 1 aromatic heterocycles. The Labute approximate surface area is 104 Å². The maximum Gasteiger partial charge on any atom is 0.0896 e. The van der Waals surface area contributed by atoms with Crippen LogP contribution < -0.4 is 0 Å². The fraction of sp³-hybridized carbons (Fsp3) is 0.727. The van der Waals surface area contributed by atoms with Gasteiger partial charge in [0.05, 0.1) is 35.7 Å². The summed E-state index contributed by atoms with van der Waals surface area (Å²) in [6.07, 6.45) is 1.12. The second-order valence-corrected chi connectivity index (χ2v) is 5.01. The van der Waals surface area contributed by atoms with Crippen molar-refractivity contribution in [1.82, 2.24) is 9.78 Å². The van der Waals surface area contributed by atoms with Gasteiger partial charge in [0.25, 0.3) is 0 Å². The number of rotatable bonds is 4. The number of hydrogen-bond donors (Lipinski definition) is 0. The molecule has 0 aliphatic carbocycles. The van der Waals surface area contributed by atoms with Crippen LogP contribution in [0.1, 0.15) is 17.8 Å². The molecule has 1 saturated heterocycles. The van der Waals surface area contributed by atoms with Gasteiger partial charge in [-0.15, -0.1) is 0 Å². The standard InChI is InChI=1S/C11H17BrN2O2/c1-8-11(12)10(14(2)13-8)7-16-6-9-3-4-15-5-9/h9H,3-7H2,1-2H3. The largest absolute Gasteiger partial charge is 0.381 e. The van der Waals surface area contributed by atoms with Gasteiger partial charge in [-0.25, -0.2) is 0 Å². The summed E-state index contributed by atoms with van der Waals surface area (Å²) in [4.78, 5) is 0.